The van der Waals surface area contributed by atoms with E-state index >= 15 is 0 Å². The SMILES string of the molecule is CCCS(=O)(=O)N1CCCC(C(=O)NC(c2cccs2)C(C)C)C1. The van der Waals surface area contributed by atoms with Crippen LogP contribution < -0.4 is 5.32 Å². The first-order valence-electron chi connectivity index (χ1n) is 8.66. The molecule has 1 aliphatic heterocycles. The number of nitrogens with zero attached hydrogens (tertiary/aromatic N) is 1. The molecular weight excluding hydrogens is 344 g/mol. The van der Waals surface area contributed by atoms with Crippen LogP contribution in [0.15, 0.2) is 17.5 Å². The summed E-state index contributed by atoms with van der Waals surface area (Å²) in [7, 11) is -3.23. The fraction of sp³-hybridized carbons (Fsp3) is 0.706. The van der Waals surface area contributed by atoms with Gasteiger partial charge in [-0.2, -0.15) is 0 Å². The molecule has 2 heterocycles. The van der Waals surface area contributed by atoms with Gasteiger partial charge in [0.2, 0.25) is 15.9 Å². The Labute approximate surface area is 149 Å². The molecule has 24 heavy (non-hydrogen) atoms. The van der Waals surface area contributed by atoms with Crippen molar-refractivity contribution < 1.29 is 13.2 Å². The molecule has 1 saturated heterocycles. The van der Waals surface area contributed by atoms with Gasteiger partial charge in [0, 0.05) is 18.0 Å². The molecule has 2 unspecified atom stereocenters. The summed E-state index contributed by atoms with van der Waals surface area (Å²) in [6, 6.07) is 4.01. The van der Waals surface area contributed by atoms with Crippen LogP contribution in [0, 0.1) is 11.8 Å². The van der Waals surface area contributed by atoms with Gasteiger partial charge in [-0.25, -0.2) is 12.7 Å². The van der Waals surface area contributed by atoms with Crippen molar-refractivity contribution in [1.29, 1.82) is 0 Å². The monoisotopic (exact) mass is 372 g/mol. The molecule has 136 valence electrons. The van der Waals surface area contributed by atoms with Crippen LogP contribution in [-0.2, 0) is 14.8 Å². The van der Waals surface area contributed by atoms with Gasteiger partial charge in [0.1, 0.15) is 0 Å². The van der Waals surface area contributed by atoms with Crippen molar-refractivity contribution in [2.24, 2.45) is 11.8 Å². The molecule has 2 rings (SSSR count). The third-order valence-corrected chi connectivity index (χ3v) is 7.42. The maximum Gasteiger partial charge on any atom is 0.224 e. The Kier molecular flexibility index (Phi) is 6.83. The predicted molar refractivity (Wildman–Crippen MR) is 98.4 cm³/mol. The van der Waals surface area contributed by atoms with Crippen LogP contribution in [0.3, 0.4) is 0 Å². The summed E-state index contributed by atoms with van der Waals surface area (Å²) in [6.07, 6.45) is 2.09. The lowest BCUT2D eigenvalue weighted by Crippen LogP contribution is -2.47. The molecule has 0 saturated carbocycles. The smallest absolute Gasteiger partial charge is 0.224 e. The molecule has 0 aliphatic carbocycles. The number of nitrogens with one attached hydrogen (secondary N) is 1. The number of carbonyl (C=O) groups excluding carboxylic acids is 1. The molecular formula is C17H28N2O3S2. The van der Waals surface area contributed by atoms with Gasteiger partial charge in [0.05, 0.1) is 17.7 Å². The minimum absolute atomic E-state index is 0.0138. The Hall–Kier alpha value is -0.920. The first-order chi connectivity index (χ1) is 11.3. The van der Waals surface area contributed by atoms with E-state index < -0.39 is 10.0 Å². The van der Waals surface area contributed by atoms with Gasteiger partial charge in [0.25, 0.3) is 0 Å². The zero-order chi connectivity index (χ0) is 17.7. The number of piperidine rings is 1. The average Bonchev–Trinajstić information content (AvgIpc) is 3.06. The van der Waals surface area contributed by atoms with E-state index in [0.29, 0.717) is 19.5 Å². The van der Waals surface area contributed by atoms with Crippen molar-refractivity contribution in [3.05, 3.63) is 22.4 Å². The Bertz CT molecular complexity index is 626. The van der Waals surface area contributed by atoms with E-state index in [9.17, 15) is 13.2 Å². The Morgan fingerprint density at radius 1 is 1.46 bits per heavy atom. The van der Waals surface area contributed by atoms with Crippen LogP contribution in [0.5, 0.6) is 0 Å². The van der Waals surface area contributed by atoms with Crippen LogP contribution in [0.4, 0.5) is 0 Å². The third kappa shape index (κ3) is 4.80. The molecule has 0 spiro atoms. The highest BCUT2D eigenvalue weighted by Gasteiger charge is 2.33. The minimum atomic E-state index is -3.23. The van der Waals surface area contributed by atoms with Gasteiger partial charge in [-0.15, -0.1) is 11.3 Å². The minimum Gasteiger partial charge on any atom is -0.348 e. The molecule has 1 aliphatic rings. The summed E-state index contributed by atoms with van der Waals surface area (Å²) in [4.78, 5) is 13.9. The normalized spacial score (nSPS) is 20.9. The van der Waals surface area contributed by atoms with Crippen LogP contribution in [0.1, 0.15) is 51.0 Å². The largest absolute Gasteiger partial charge is 0.348 e. The zero-order valence-corrected chi connectivity index (χ0v) is 16.3. The number of hydrogen-bond donors (Lipinski definition) is 1. The molecule has 1 aromatic heterocycles. The molecule has 1 N–H and O–H groups in total. The summed E-state index contributed by atoms with van der Waals surface area (Å²) in [6.45, 7) is 6.88. The zero-order valence-electron chi connectivity index (χ0n) is 14.7. The molecule has 5 nitrogen and oxygen atoms in total. The third-order valence-electron chi connectivity index (χ3n) is 4.42. The van der Waals surface area contributed by atoms with Crippen LogP contribution >= 0.6 is 11.3 Å². The van der Waals surface area contributed by atoms with Crippen molar-refractivity contribution in [2.75, 3.05) is 18.8 Å². The van der Waals surface area contributed by atoms with Crippen molar-refractivity contribution in [3.8, 4) is 0 Å². The fourth-order valence-corrected chi connectivity index (χ4v) is 5.64. The highest BCUT2D eigenvalue weighted by molar-refractivity contribution is 7.89. The van der Waals surface area contributed by atoms with E-state index in [1.54, 1.807) is 11.3 Å². The number of amides is 1. The summed E-state index contributed by atoms with van der Waals surface area (Å²) in [5, 5.41) is 5.15. The summed E-state index contributed by atoms with van der Waals surface area (Å²) in [5.74, 6) is 0.159. The van der Waals surface area contributed by atoms with E-state index in [-0.39, 0.29) is 29.5 Å². The van der Waals surface area contributed by atoms with Gasteiger partial charge < -0.3 is 5.32 Å². The van der Waals surface area contributed by atoms with Crippen LogP contribution in [0.2, 0.25) is 0 Å². The number of hydrogen-bond acceptors (Lipinski definition) is 4. The second-order valence-electron chi connectivity index (χ2n) is 6.76. The molecule has 0 aromatic carbocycles. The van der Waals surface area contributed by atoms with Gasteiger partial charge in [-0.1, -0.05) is 26.8 Å². The molecule has 1 fully saturated rings. The van der Waals surface area contributed by atoms with Gasteiger partial charge in [0.15, 0.2) is 0 Å². The number of sulfonamides is 1. The highest BCUT2D eigenvalue weighted by atomic mass is 32.2. The Morgan fingerprint density at radius 2 is 2.21 bits per heavy atom. The number of rotatable bonds is 7. The van der Waals surface area contributed by atoms with E-state index in [1.165, 1.54) is 4.31 Å². The molecule has 1 amide bonds. The van der Waals surface area contributed by atoms with E-state index in [1.807, 2.05) is 24.4 Å². The number of thiophene rings is 1. The van der Waals surface area contributed by atoms with Crippen LogP contribution in [-0.4, -0.2) is 37.5 Å². The molecule has 1 aromatic rings. The summed E-state index contributed by atoms with van der Waals surface area (Å²) in [5.41, 5.74) is 0. The van der Waals surface area contributed by atoms with Crippen molar-refractivity contribution in [1.82, 2.24) is 9.62 Å². The second-order valence-corrected chi connectivity index (χ2v) is 9.83. The highest BCUT2D eigenvalue weighted by Crippen LogP contribution is 2.27. The van der Waals surface area contributed by atoms with Crippen LogP contribution in [0.25, 0.3) is 0 Å². The van der Waals surface area contributed by atoms with Crippen molar-refractivity contribution in [3.63, 3.8) is 0 Å². The first kappa shape index (κ1) is 19.4. The predicted octanol–water partition coefficient (Wildman–Crippen LogP) is 3.01. The average molecular weight is 373 g/mol. The number of carbonyl (C=O) groups is 1. The lowest BCUT2D eigenvalue weighted by molar-refractivity contribution is -0.127. The first-order valence-corrected chi connectivity index (χ1v) is 11.2. The lowest BCUT2D eigenvalue weighted by Gasteiger charge is -2.32. The topological polar surface area (TPSA) is 66.5 Å². The standard InChI is InChI=1S/C17H28N2O3S2/c1-4-11-24(21,22)19-9-5-7-14(12-19)17(20)18-16(13(2)3)15-8-6-10-23-15/h6,8,10,13-14,16H,4-5,7,9,11-12H2,1-3H3,(H,18,20). The molecule has 0 radical (unpaired) electrons. The fourth-order valence-electron chi connectivity index (χ4n) is 3.10. The molecule has 7 heteroatoms. The lowest BCUT2D eigenvalue weighted by atomic mass is 9.96. The van der Waals surface area contributed by atoms with Gasteiger partial charge >= 0.3 is 0 Å². The van der Waals surface area contributed by atoms with E-state index in [2.05, 4.69) is 19.2 Å². The Balaban J connectivity index is 2.03. The molecule has 0 bridgehead atoms. The Morgan fingerprint density at radius 3 is 2.79 bits per heavy atom. The quantitative estimate of drug-likeness (QED) is 0.800. The van der Waals surface area contributed by atoms with Gasteiger partial charge in [-0.3, -0.25) is 4.79 Å². The van der Waals surface area contributed by atoms with Crippen molar-refractivity contribution in [2.45, 2.75) is 46.1 Å². The maximum atomic E-state index is 12.7. The van der Waals surface area contributed by atoms with Crippen molar-refractivity contribution >= 4 is 27.3 Å². The summed E-state index contributed by atoms with van der Waals surface area (Å²) >= 11 is 1.64. The van der Waals surface area contributed by atoms with E-state index in [4.69, 9.17) is 0 Å². The van der Waals surface area contributed by atoms with E-state index in [0.717, 1.165) is 17.7 Å². The molecule has 2 atom stereocenters. The van der Waals surface area contributed by atoms with Gasteiger partial charge in [-0.05, 0) is 36.6 Å². The maximum absolute atomic E-state index is 12.7. The second kappa shape index (κ2) is 8.45. The summed E-state index contributed by atoms with van der Waals surface area (Å²) < 4.78 is 26.0.